The van der Waals surface area contributed by atoms with Gasteiger partial charge in [0.15, 0.2) is 0 Å². The Morgan fingerprint density at radius 1 is 1.18 bits per heavy atom. The predicted molar refractivity (Wildman–Crippen MR) is 111 cm³/mol. The van der Waals surface area contributed by atoms with E-state index in [9.17, 15) is 18.0 Å². The fourth-order valence-corrected chi connectivity index (χ4v) is 6.11. The molecule has 1 aromatic heterocycles. The molecule has 7 nitrogen and oxygen atoms in total. The van der Waals surface area contributed by atoms with Crippen molar-refractivity contribution in [1.82, 2.24) is 14.5 Å². The van der Waals surface area contributed by atoms with E-state index in [1.807, 2.05) is 27.7 Å². The molecule has 2 amide bonds. The van der Waals surface area contributed by atoms with Crippen LogP contribution < -0.4 is 5.32 Å². The second kappa shape index (κ2) is 9.37. The van der Waals surface area contributed by atoms with Crippen LogP contribution in [0, 0.1) is 0 Å². The van der Waals surface area contributed by atoms with Crippen molar-refractivity contribution in [1.29, 1.82) is 0 Å². The molecule has 0 unspecified atom stereocenters. The summed E-state index contributed by atoms with van der Waals surface area (Å²) < 4.78 is 27.3. The lowest BCUT2D eigenvalue weighted by molar-refractivity contribution is -0.135. The van der Waals surface area contributed by atoms with Crippen LogP contribution in [0.3, 0.4) is 0 Å². The normalized spacial score (nSPS) is 16.0. The van der Waals surface area contributed by atoms with Crippen LogP contribution >= 0.6 is 11.3 Å². The third kappa shape index (κ3) is 6.28. The van der Waals surface area contributed by atoms with Crippen LogP contribution in [0.15, 0.2) is 16.3 Å². The maximum atomic E-state index is 12.7. The molecule has 0 aromatic carbocycles. The molecule has 158 valence electrons. The van der Waals surface area contributed by atoms with Gasteiger partial charge in [0.1, 0.15) is 4.21 Å². The van der Waals surface area contributed by atoms with Gasteiger partial charge < -0.3 is 10.2 Å². The van der Waals surface area contributed by atoms with Gasteiger partial charge in [0, 0.05) is 30.1 Å². The molecular formula is C19H31N3O4S2. The summed E-state index contributed by atoms with van der Waals surface area (Å²) in [5.41, 5.74) is -0.356. The van der Waals surface area contributed by atoms with Crippen molar-refractivity contribution in [2.24, 2.45) is 0 Å². The highest BCUT2D eigenvalue weighted by Gasteiger charge is 2.28. The van der Waals surface area contributed by atoms with E-state index in [-0.39, 0.29) is 34.5 Å². The molecule has 0 bridgehead atoms. The highest BCUT2D eigenvalue weighted by Crippen LogP contribution is 2.27. The Morgan fingerprint density at radius 2 is 1.82 bits per heavy atom. The van der Waals surface area contributed by atoms with Crippen LogP contribution in [0.2, 0.25) is 0 Å². The molecule has 1 aromatic rings. The minimum absolute atomic E-state index is 0.00306. The molecule has 2 heterocycles. The van der Waals surface area contributed by atoms with Gasteiger partial charge in [0.25, 0.3) is 10.0 Å². The summed E-state index contributed by atoms with van der Waals surface area (Å²) in [5, 5.41) is 2.85. The maximum absolute atomic E-state index is 12.7. The third-order valence-corrected chi connectivity index (χ3v) is 7.91. The van der Waals surface area contributed by atoms with Crippen molar-refractivity contribution in [2.45, 2.75) is 63.1 Å². The zero-order valence-corrected chi connectivity index (χ0v) is 18.8. The SMILES string of the molecule is CCN(CC(=O)NC(C)(C)C)C(=O)Cc1ccc(S(=O)(=O)N2CCCCC2)s1. The van der Waals surface area contributed by atoms with Crippen molar-refractivity contribution < 1.29 is 18.0 Å². The number of likely N-dealkylation sites (N-methyl/N-ethyl adjacent to an activating group) is 1. The number of rotatable bonds is 7. The molecule has 1 fully saturated rings. The van der Waals surface area contributed by atoms with Crippen molar-refractivity contribution in [2.75, 3.05) is 26.2 Å². The average Bonchev–Trinajstić information content (AvgIpc) is 3.08. The van der Waals surface area contributed by atoms with Gasteiger partial charge in [0.05, 0.1) is 13.0 Å². The summed E-state index contributed by atoms with van der Waals surface area (Å²) in [6.07, 6.45) is 2.93. The summed E-state index contributed by atoms with van der Waals surface area (Å²) >= 11 is 1.14. The summed E-state index contributed by atoms with van der Waals surface area (Å²) in [6, 6.07) is 3.28. The van der Waals surface area contributed by atoms with Crippen LogP contribution in [0.4, 0.5) is 0 Å². The Bertz CT molecular complexity index is 790. The van der Waals surface area contributed by atoms with Gasteiger partial charge in [-0.05, 0) is 52.7 Å². The van der Waals surface area contributed by atoms with Gasteiger partial charge in [-0.15, -0.1) is 11.3 Å². The highest BCUT2D eigenvalue weighted by atomic mass is 32.2. The van der Waals surface area contributed by atoms with Gasteiger partial charge in [-0.25, -0.2) is 8.42 Å². The van der Waals surface area contributed by atoms with E-state index in [1.54, 1.807) is 12.1 Å². The number of nitrogens with one attached hydrogen (secondary N) is 1. The van der Waals surface area contributed by atoms with Gasteiger partial charge in [0.2, 0.25) is 11.8 Å². The van der Waals surface area contributed by atoms with Crippen molar-refractivity contribution >= 4 is 33.2 Å². The van der Waals surface area contributed by atoms with Gasteiger partial charge >= 0.3 is 0 Å². The molecule has 1 saturated heterocycles. The topological polar surface area (TPSA) is 86.8 Å². The lowest BCUT2D eigenvalue weighted by Gasteiger charge is -2.25. The Labute approximate surface area is 172 Å². The van der Waals surface area contributed by atoms with E-state index in [0.717, 1.165) is 30.6 Å². The van der Waals surface area contributed by atoms with Crippen LogP contribution in [0.25, 0.3) is 0 Å². The molecule has 2 rings (SSSR count). The number of carbonyl (C=O) groups excluding carboxylic acids is 2. The Balaban J connectivity index is 2.01. The van der Waals surface area contributed by atoms with E-state index in [1.165, 1.54) is 9.21 Å². The molecule has 0 aliphatic carbocycles. The third-order valence-electron chi connectivity index (χ3n) is 4.45. The second-order valence-corrected chi connectivity index (χ2v) is 11.4. The predicted octanol–water partition coefficient (Wildman–Crippen LogP) is 2.23. The lowest BCUT2D eigenvalue weighted by Crippen LogP contribution is -2.47. The largest absolute Gasteiger partial charge is 0.350 e. The van der Waals surface area contributed by atoms with Crippen LogP contribution in [0.5, 0.6) is 0 Å². The van der Waals surface area contributed by atoms with Gasteiger partial charge in [-0.3, -0.25) is 9.59 Å². The van der Waals surface area contributed by atoms with E-state index >= 15 is 0 Å². The standard InChI is InChI=1S/C19H31N3O4S2/c1-5-21(14-16(23)20-19(2,3)4)17(24)13-15-9-10-18(27-15)28(25,26)22-11-7-6-8-12-22/h9-10H,5-8,11-14H2,1-4H3,(H,20,23). The monoisotopic (exact) mass is 429 g/mol. The molecule has 1 aliphatic heterocycles. The maximum Gasteiger partial charge on any atom is 0.252 e. The fraction of sp³-hybridized carbons (Fsp3) is 0.684. The van der Waals surface area contributed by atoms with Gasteiger partial charge in [-0.1, -0.05) is 6.42 Å². The lowest BCUT2D eigenvalue weighted by atomic mass is 10.1. The number of hydrogen-bond donors (Lipinski definition) is 1. The number of thiophene rings is 1. The quantitative estimate of drug-likeness (QED) is 0.720. The Morgan fingerprint density at radius 3 is 2.39 bits per heavy atom. The molecule has 28 heavy (non-hydrogen) atoms. The average molecular weight is 430 g/mol. The smallest absolute Gasteiger partial charge is 0.252 e. The molecular weight excluding hydrogens is 398 g/mol. The first-order valence-electron chi connectivity index (χ1n) is 9.70. The van der Waals surface area contributed by atoms with Crippen LogP contribution in [-0.2, 0) is 26.0 Å². The van der Waals surface area contributed by atoms with Crippen LogP contribution in [-0.4, -0.2) is 61.2 Å². The minimum Gasteiger partial charge on any atom is -0.350 e. The molecule has 0 atom stereocenters. The first-order valence-corrected chi connectivity index (χ1v) is 12.0. The van der Waals surface area contributed by atoms with Crippen molar-refractivity contribution in [3.8, 4) is 0 Å². The molecule has 0 spiro atoms. The first-order chi connectivity index (χ1) is 13.0. The zero-order chi connectivity index (χ0) is 20.9. The first kappa shape index (κ1) is 22.8. The molecule has 1 aliphatic rings. The van der Waals surface area contributed by atoms with Crippen molar-refractivity contribution in [3.63, 3.8) is 0 Å². The van der Waals surface area contributed by atoms with E-state index in [4.69, 9.17) is 0 Å². The number of hydrogen-bond acceptors (Lipinski definition) is 5. The highest BCUT2D eigenvalue weighted by molar-refractivity contribution is 7.91. The van der Waals surface area contributed by atoms with Gasteiger partial charge in [-0.2, -0.15) is 4.31 Å². The molecule has 9 heteroatoms. The summed E-state index contributed by atoms with van der Waals surface area (Å²) in [4.78, 5) is 26.9. The Kier molecular flexibility index (Phi) is 7.64. The number of carbonyl (C=O) groups is 2. The minimum atomic E-state index is -3.48. The van der Waals surface area contributed by atoms with Crippen molar-refractivity contribution in [3.05, 3.63) is 17.0 Å². The molecule has 1 N–H and O–H groups in total. The van der Waals surface area contributed by atoms with E-state index in [2.05, 4.69) is 5.32 Å². The fourth-order valence-electron chi connectivity index (χ4n) is 3.09. The number of piperidine rings is 1. The summed E-state index contributed by atoms with van der Waals surface area (Å²) in [7, 11) is -3.48. The van der Waals surface area contributed by atoms with Crippen LogP contribution in [0.1, 0.15) is 51.8 Å². The van der Waals surface area contributed by atoms with E-state index in [0.29, 0.717) is 24.5 Å². The number of sulfonamides is 1. The zero-order valence-electron chi connectivity index (χ0n) is 17.2. The molecule has 0 saturated carbocycles. The number of amides is 2. The van der Waals surface area contributed by atoms with E-state index < -0.39 is 10.0 Å². The molecule has 0 radical (unpaired) electrons. The second-order valence-electron chi connectivity index (χ2n) is 8.07. The summed E-state index contributed by atoms with van der Waals surface area (Å²) in [5.74, 6) is -0.391. The number of nitrogens with zero attached hydrogens (tertiary/aromatic N) is 2. The Hall–Kier alpha value is -1.45. The summed E-state index contributed by atoms with van der Waals surface area (Å²) in [6.45, 7) is 9.01.